The third-order valence-corrected chi connectivity index (χ3v) is 4.61. The molecule has 1 aliphatic rings. The van der Waals surface area contributed by atoms with E-state index in [0.717, 1.165) is 25.1 Å². The number of nitrogens with two attached hydrogens (primary N) is 1. The molecule has 0 aliphatic carbocycles. The quantitative estimate of drug-likeness (QED) is 0.850. The fraction of sp³-hybridized carbons (Fsp3) is 0.600. The molecule has 0 aromatic heterocycles. The number of rotatable bonds is 4. The molecule has 0 amide bonds. The van der Waals surface area contributed by atoms with Crippen molar-refractivity contribution in [1.29, 1.82) is 0 Å². The van der Waals surface area contributed by atoms with E-state index in [1.165, 1.54) is 12.1 Å². The summed E-state index contributed by atoms with van der Waals surface area (Å²) in [7, 11) is 0. The Morgan fingerprint density at radius 2 is 1.90 bits per heavy atom. The summed E-state index contributed by atoms with van der Waals surface area (Å²) in [5, 5.41) is 0. The predicted octanol–water partition coefficient (Wildman–Crippen LogP) is 4.03. The fourth-order valence-corrected chi connectivity index (χ4v) is 3.35. The van der Waals surface area contributed by atoms with Crippen LogP contribution in [0.2, 0.25) is 0 Å². The second kappa shape index (κ2) is 6.18. The number of hydrogen-bond donors (Lipinski definition) is 1. The summed E-state index contributed by atoms with van der Waals surface area (Å²) in [5.41, 5.74) is 2.91. The number of alkyl halides is 3. The van der Waals surface area contributed by atoms with Gasteiger partial charge in [-0.2, -0.15) is 13.2 Å². The first-order chi connectivity index (χ1) is 9.70. The third-order valence-electron chi connectivity index (χ3n) is 3.87. The fourth-order valence-electron chi connectivity index (χ4n) is 2.81. The van der Waals surface area contributed by atoms with Gasteiger partial charge in [0, 0.05) is 24.0 Å². The van der Waals surface area contributed by atoms with E-state index in [2.05, 4.69) is 18.7 Å². The highest BCUT2D eigenvalue weighted by Crippen LogP contribution is 2.38. The summed E-state index contributed by atoms with van der Waals surface area (Å²) in [5.74, 6) is 0. The molecule has 118 valence electrons. The summed E-state index contributed by atoms with van der Waals surface area (Å²) in [6.07, 6.45) is 1.12. The Balaban J connectivity index is 2.09. The molecule has 1 aromatic rings. The van der Waals surface area contributed by atoms with Crippen LogP contribution >= 0.6 is 11.8 Å². The first kappa shape index (κ1) is 16.6. The zero-order valence-corrected chi connectivity index (χ0v) is 13.1. The first-order valence-corrected chi connectivity index (χ1v) is 7.82. The largest absolute Gasteiger partial charge is 0.446 e. The van der Waals surface area contributed by atoms with Gasteiger partial charge in [-0.3, -0.25) is 4.90 Å². The molecule has 1 aliphatic heterocycles. The number of halogens is 3. The number of nitrogens with zero attached hydrogens (tertiary/aromatic N) is 1. The summed E-state index contributed by atoms with van der Waals surface area (Å²) in [6, 6.07) is 6.65. The molecule has 1 unspecified atom stereocenters. The summed E-state index contributed by atoms with van der Waals surface area (Å²) < 4.78 is 37.0. The van der Waals surface area contributed by atoms with Gasteiger partial charge in [-0.05, 0) is 47.8 Å². The van der Waals surface area contributed by atoms with Crippen LogP contribution in [-0.4, -0.2) is 30.0 Å². The molecule has 0 spiro atoms. The second-order valence-corrected chi connectivity index (χ2v) is 7.39. The molecule has 0 saturated carbocycles. The van der Waals surface area contributed by atoms with E-state index in [4.69, 9.17) is 5.73 Å². The Morgan fingerprint density at radius 1 is 1.29 bits per heavy atom. The molecule has 1 fully saturated rings. The van der Waals surface area contributed by atoms with E-state index < -0.39 is 5.51 Å². The van der Waals surface area contributed by atoms with Crippen molar-refractivity contribution in [2.24, 2.45) is 11.1 Å². The number of benzene rings is 1. The molecule has 2 nitrogen and oxygen atoms in total. The van der Waals surface area contributed by atoms with Crippen LogP contribution in [0.1, 0.15) is 31.9 Å². The van der Waals surface area contributed by atoms with Crippen molar-refractivity contribution in [2.75, 3.05) is 19.6 Å². The van der Waals surface area contributed by atoms with Crippen molar-refractivity contribution in [2.45, 2.75) is 36.7 Å². The van der Waals surface area contributed by atoms with Crippen LogP contribution in [0.15, 0.2) is 29.2 Å². The van der Waals surface area contributed by atoms with Gasteiger partial charge in [0.2, 0.25) is 0 Å². The molecular formula is C15H21F3N2S. The minimum Gasteiger partial charge on any atom is -0.329 e. The molecular weight excluding hydrogens is 297 g/mol. The molecule has 1 saturated heterocycles. The number of hydrogen-bond acceptors (Lipinski definition) is 3. The van der Waals surface area contributed by atoms with Crippen LogP contribution in [0.25, 0.3) is 0 Å². The van der Waals surface area contributed by atoms with Crippen molar-refractivity contribution < 1.29 is 13.2 Å². The van der Waals surface area contributed by atoms with E-state index in [1.807, 2.05) is 0 Å². The van der Waals surface area contributed by atoms with Gasteiger partial charge in [0.25, 0.3) is 0 Å². The van der Waals surface area contributed by atoms with Gasteiger partial charge >= 0.3 is 5.51 Å². The normalized spacial score (nSPS) is 20.7. The van der Waals surface area contributed by atoms with E-state index in [-0.39, 0.29) is 28.1 Å². The Hall–Kier alpha value is -0.720. The lowest BCUT2D eigenvalue weighted by atomic mass is 9.93. The van der Waals surface area contributed by atoms with Crippen molar-refractivity contribution in [3.05, 3.63) is 29.8 Å². The molecule has 6 heteroatoms. The molecule has 1 atom stereocenters. The molecule has 1 aromatic carbocycles. The summed E-state index contributed by atoms with van der Waals surface area (Å²) >= 11 is -0.0841. The minimum absolute atomic E-state index is 0.0803. The Kier molecular flexibility index (Phi) is 4.90. The maximum Gasteiger partial charge on any atom is 0.446 e. The van der Waals surface area contributed by atoms with Gasteiger partial charge in [0.15, 0.2) is 0 Å². The summed E-state index contributed by atoms with van der Waals surface area (Å²) in [6.45, 7) is 6.87. The third kappa shape index (κ3) is 4.63. The molecule has 0 bridgehead atoms. The highest BCUT2D eigenvalue weighted by molar-refractivity contribution is 8.00. The highest BCUT2D eigenvalue weighted by atomic mass is 32.2. The molecule has 2 N–H and O–H groups in total. The highest BCUT2D eigenvalue weighted by Gasteiger charge is 2.33. The van der Waals surface area contributed by atoms with Crippen molar-refractivity contribution >= 4 is 11.8 Å². The van der Waals surface area contributed by atoms with E-state index in [1.54, 1.807) is 12.1 Å². The monoisotopic (exact) mass is 318 g/mol. The van der Waals surface area contributed by atoms with E-state index in [0.29, 0.717) is 6.54 Å². The smallest absolute Gasteiger partial charge is 0.329 e. The molecule has 2 rings (SSSR count). The number of likely N-dealkylation sites (tertiary alicyclic amines) is 1. The number of thioether (sulfide) groups is 1. The van der Waals surface area contributed by atoms with Gasteiger partial charge < -0.3 is 5.73 Å². The van der Waals surface area contributed by atoms with Crippen LogP contribution in [0.3, 0.4) is 0 Å². The van der Waals surface area contributed by atoms with Crippen LogP contribution in [0.5, 0.6) is 0 Å². The summed E-state index contributed by atoms with van der Waals surface area (Å²) in [4.78, 5) is 2.54. The molecule has 1 heterocycles. The van der Waals surface area contributed by atoms with Crippen LogP contribution in [0, 0.1) is 5.41 Å². The van der Waals surface area contributed by atoms with Crippen molar-refractivity contribution in [1.82, 2.24) is 4.90 Å². The molecule has 0 radical (unpaired) electrons. The average molecular weight is 318 g/mol. The van der Waals surface area contributed by atoms with Crippen LogP contribution in [-0.2, 0) is 0 Å². The van der Waals surface area contributed by atoms with Gasteiger partial charge in [-0.15, -0.1) is 0 Å². The lowest BCUT2D eigenvalue weighted by Gasteiger charge is -2.28. The Labute approximate surface area is 127 Å². The van der Waals surface area contributed by atoms with Gasteiger partial charge in [-0.25, -0.2) is 0 Å². The van der Waals surface area contributed by atoms with Crippen LogP contribution < -0.4 is 5.73 Å². The maximum absolute atomic E-state index is 12.3. The van der Waals surface area contributed by atoms with Gasteiger partial charge in [0.1, 0.15) is 0 Å². The lowest BCUT2D eigenvalue weighted by Crippen LogP contribution is -2.33. The Bertz CT molecular complexity index is 471. The SMILES string of the molecule is CC1(C)CCN(C(CN)c2ccc(SC(F)(F)F)cc2)C1. The first-order valence-electron chi connectivity index (χ1n) is 7.00. The van der Waals surface area contributed by atoms with Crippen molar-refractivity contribution in [3.63, 3.8) is 0 Å². The van der Waals surface area contributed by atoms with E-state index >= 15 is 0 Å². The maximum atomic E-state index is 12.3. The second-order valence-electron chi connectivity index (χ2n) is 6.25. The molecule has 21 heavy (non-hydrogen) atoms. The topological polar surface area (TPSA) is 29.3 Å². The van der Waals surface area contributed by atoms with E-state index in [9.17, 15) is 13.2 Å². The van der Waals surface area contributed by atoms with Crippen molar-refractivity contribution in [3.8, 4) is 0 Å². The minimum atomic E-state index is -4.24. The van der Waals surface area contributed by atoms with Crippen LogP contribution in [0.4, 0.5) is 13.2 Å². The lowest BCUT2D eigenvalue weighted by molar-refractivity contribution is -0.0328. The standard InChI is InChI=1S/C15H21F3N2S/c1-14(2)7-8-20(10-14)13(9-19)11-3-5-12(6-4-11)21-15(16,17)18/h3-6,13H,7-10,19H2,1-2H3. The zero-order valence-electron chi connectivity index (χ0n) is 12.3. The predicted molar refractivity (Wildman–Crippen MR) is 80.1 cm³/mol. The Morgan fingerprint density at radius 3 is 2.33 bits per heavy atom. The van der Waals surface area contributed by atoms with Gasteiger partial charge in [0.05, 0.1) is 0 Å². The zero-order chi connectivity index (χ0) is 15.7. The average Bonchev–Trinajstić information content (AvgIpc) is 2.71. The van der Waals surface area contributed by atoms with Gasteiger partial charge in [-0.1, -0.05) is 26.0 Å².